The fraction of sp³-hybridized carbons (Fsp3) is 0.0465. The molecule has 0 saturated carbocycles. The molecule has 6 aromatic carbocycles. The van der Waals surface area contributed by atoms with E-state index in [0.29, 0.717) is 11.1 Å². The molecule has 2 aromatic heterocycles. The molecule has 1 aliphatic heterocycles. The second kappa shape index (κ2) is 11.0. The summed E-state index contributed by atoms with van der Waals surface area (Å²) in [7, 11) is 0. The molecule has 224 valence electrons. The lowest BCUT2D eigenvalue weighted by Gasteiger charge is -2.17. The third-order valence-corrected chi connectivity index (χ3v) is 9.52. The molecule has 0 N–H and O–H groups in total. The number of hydrogen-bond acceptors (Lipinski definition) is 3. The molecular formula is C43H27N5. The first-order valence-corrected chi connectivity index (χ1v) is 16.1. The number of nitriles is 2. The fourth-order valence-corrected chi connectivity index (χ4v) is 7.44. The highest BCUT2D eigenvalue weighted by atomic mass is 15.1. The zero-order valence-electron chi connectivity index (χ0n) is 25.9. The minimum Gasteiger partial charge on any atom is -0.309 e. The minimum absolute atomic E-state index is 0.610. The molecule has 8 aromatic rings. The number of aryl methyl sites for hydroxylation is 1. The number of fused-ring (bicyclic) bond motifs is 6. The first-order chi connectivity index (χ1) is 23.7. The SMILES string of the molecule is N#Cc1cc(-n2c3ccccc3c3ccccc32)ccc1-c1cccc(-c2ccccc2-n2c3c(c4cccc(C#N)c42)CCC=N3)c1. The van der Waals surface area contributed by atoms with Crippen molar-refractivity contribution in [2.75, 3.05) is 0 Å². The summed E-state index contributed by atoms with van der Waals surface area (Å²) in [5.41, 5.74) is 11.3. The Morgan fingerprint density at radius 3 is 2.00 bits per heavy atom. The summed E-state index contributed by atoms with van der Waals surface area (Å²) in [4.78, 5) is 4.86. The molecule has 0 fully saturated rings. The molecule has 0 aliphatic carbocycles. The van der Waals surface area contributed by atoms with Crippen molar-refractivity contribution in [1.82, 2.24) is 9.13 Å². The van der Waals surface area contributed by atoms with Gasteiger partial charge in [-0.3, -0.25) is 4.57 Å². The second-order valence-corrected chi connectivity index (χ2v) is 12.1. The predicted octanol–water partition coefficient (Wildman–Crippen LogP) is 10.5. The normalized spacial score (nSPS) is 12.3. The Labute approximate surface area is 277 Å². The summed E-state index contributed by atoms with van der Waals surface area (Å²) in [6.45, 7) is 0. The van der Waals surface area contributed by atoms with Crippen LogP contribution in [0.15, 0.2) is 138 Å². The Morgan fingerprint density at radius 2 is 1.23 bits per heavy atom. The van der Waals surface area contributed by atoms with E-state index >= 15 is 0 Å². The van der Waals surface area contributed by atoms with Gasteiger partial charge in [-0.15, -0.1) is 0 Å². The van der Waals surface area contributed by atoms with E-state index in [2.05, 4.69) is 118 Å². The second-order valence-electron chi connectivity index (χ2n) is 12.1. The Morgan fingerprint density at radius 1 is 0.562 bits per heavy atom. The van der Waals surface area contributed by atoms with Gasteiger partial charge in [-0.05, 0) is 72.0 Å². The fourth-order valence-electron chi connectivity index (χ4n) is 7.44. The van der Waals surface area contributed by atoms with E-state index in [9.17, 15) is 10.5 Å². The molecule has 0 atom stereocenters. The predicted molar refractivity (Wildman–Crippen MR) is 194 cm³/mol. The summed E-state index contributed by atoms with van der Waals surface area (Å²) < 4.78 is 4.39. The van der Waals surface area contributed by atoms with Gasteiger partial charge in [0, 0.05) is 39.2 Å². The van der Waals surface area contributed by atoms with Crippen LogP contribution in [-0.2, 0) is 6.42 Å². The van der Waals surface area contributed by atoms with Crippen LogP contribution in [0.2, 0.25) is 0 Å². The lowest BCUT2D eigenvalue weighted by molar-refractivity contribution is 1.00. The lowest BCUT2D eigenvalue weighted by atomic mass is 9.95. The van der Waals surface area contributed by atoms with Crippen molar-refractivity contribution in [3.05, 3.63) is 150 Å². The van der Waals surface area contributed by atoms with E-state index in [1.807, 2.05) is 42.6 Å². The number of para-hydroxylation sites is 4. The highest BCUT2D eigenvalue weighted by Crippen LogP contribution is 2.42. The Hall–Kier alpha value is -6.69. The van der Waals surface area contributed by atoms with E-state index in [1.165, 1.54) is 16.3 Å². The summed E-state index contributed by atoms with van der Waals surface area (Å²) in [6, 6.07) is 50.5. The van der Waals surface area contributed by atoms with Gasteiger partial charge in [0.05, 0.1) is 39.4 Å². The average Bonchev–Trinajstić information content (AvgIpc) is 3.68. The molecule has 0 radical (unpaired) electrons. The largest absolute Gasteiger partial charge is 0.309 e. The van der Waals surface area contributed by atoms with Crippen LogP contribution >= 0.6 is 0 Å². The first-order valence-electron chi connectivity index (χ1n) is 16.1. The highest BCUT2D eigenvalue weighted by Gasteiger charge is 2.23. The van der Waals surface area contributed by atoms with Gasteiger partial charge in [0.2, 0.25) is 0 Å². The average molecular weight is 614 g/mol. The smallest absolute Gasteiger partial charge is 0.141 e. The molecule has 1 aliphatic rings. The summed E-state index contributed by atoms with van der Waals surface area (Å²) in [5.74, 6) is 0.884. The van der Waals surface area contributed by atoms with Crippen molar-refractivity contribution in [1.29, 1.82) is 10.5 Å². The molecule has 0 unspecified atom stereocenters. The molecule has 0 amide bonds. The zero-order chi connectivity index (χ0) is 32.2. The maximum atomic E-state index is 10.4. The number of aromatic nitrogens is 2. The van der Waals surface area contributed by atoms with Gasteiger partial charge in [-0.1, -0.05) is 91.0 Å². The van der Waals surface area contributed by atoms with Crippen molar-refractivity contribution in [2.45, 2.75) is 12.8 Å². The number of rotatable bonds is 4. The monoisotopic (exact) mass is 613 g/mol. The molecule has 0 bridgehead atoms. The van der Waals surface area contributed by atoms with Crippen molar-refractivity contribution in [2.24, 2.45) is 4.99 Å². The third kappa shape index (κ3) is 4.12. The highest BCUT2D eigenvalue weighted by molar-refractivity contribution is 6.09. The zero-order valence-corrected chi connectivity index (χ0v) is 25.9. The van der Waals surface area contributed by atoms with Crippen molar-refractivity contribution < 1.29 is 0 Å². The lowest BCUT2D eigenvalue weighted by Crippen LogP contribution is -2.00. The number of hydrogen-bond donors (Lipinski definition) is 0. The van der Waals surface area contributed by atoms with Crippen LogP contribution in [0.25, 0.3) is 66.3 Å². The van der Waals surface area contributed by atoms with E-state index in [1.54, 1.807) is 0 Å². The number of aliphatic imine (C=N–C) groups is 1. The molecule has 3 heterocycles. The van der Waals surface area contributed by atoms with Gasteiger partial charge in [0.1, 0.15) is 11.9 Å². The Kier molecular flexibility index (Phi) is 6.32. The van der Waals surface area contributed by atoms with Gasteiger partial charge in [-0.25, -0.2) is 4.99 Å². The summed E-state index contributed by atoms with van der Waals surface area (Å²) in [5, 5.41) is 24.0. The van der Waals surface area contributed by atoms with E-state index in [4.69, 9.17) is 4.99 Å². The molecule has 5 nitrogen and oxygen atoms in total. The summed E-state index contributed by atoms with van der Waals surface area (Å²) >= 11 is 0. The standard InChI is InChI=1S/C43H27N5/c44-26-30-12-8-16-37-38-17-9-23-46-43(38)48(42(30)37)39-18-4-1-13-34(39)29-11-7-10-28(24-29)33-22-21-32(25-31(33)27-45)47-40-19-5-2-14-35(40)36-15-3-6-20-41(36)47/h1-8,10-16,18-25H,9,17H2. The van der Waals surface area contributed by atoms with Crippen LogP contribution in [-0.4, -0.2) is 15.3 Å². The maximum absolute atomic E-state index is 10.4. The minimum atomic E-state index is 0.610. The topological polar surface area (TPSA) is 69.8 Å². The van der Waals surface area contributed by atoms with Crippen LogP contribution in [0.4, 0.5) is 5.82 Å². The molecule has 5 heteroatoms. The quantitative estimate of drug-likeness (QED) is 0.198. The third-order valence-electron chi connectivity index (χ3n) is 9.52. The van der Waals surface area contributed by atoms with Crippen LogP contribution in [0.1, 0.15) is 23.1 Å². The number of benzene rings is 6. The van der Waals surface area contributed by atoms with E-state index < -0.39 is 0 Å². The van der Waals surface area contributed by atoms with Gasteiger partial charge >= 0.3 is 0 Å². The van der Waals surface area contributed by atoms with Crippen LogP contribution < -0.4 is 0 Å². The molecule has 9 rings (SSSR count). The van der Waals surface area contributed by atoms with Gasteiger partial charge in [-0.2, -0.15) is 10.5 Å². The maximum Gasteiger partial charge on any atom is 0.141 e. The van der Waals surface area contributed by atoms with Crippen molar-refractivity contribution >= 4 is 44.7 Å². The molecule has 48 heavy (non-hydrogen) atoms. The summed E-state index contributed by atoms with van der Waals surface area (Å²) in [6.07, 6.45) is 3.74. The van der Waals surface area contributed by atoms with Gasteiger partial charge in [0.15, 0.2) is 0 Å². The van der Waals surface area contributed by atoms with E-state index in [-0.39, 0.29) is 0 Å². The van der Waals surface area contributed by atoms with Gasteiger partial charge < -0.3 is 4.57 Å². The molecule has 0 spiro atoms. The number of nitrogens with zero attached hydrogens (tertiary/aromatic N) is 5. The van der Waals surface area contributed by atoms with Crippen LogP contribution in [0.3, 0.4) is 0 Å². The van der Waals surface area contributed by atoms with Crippen LogP contribution in [0.5, 0.6) is 0 Å². The Balaban J connectivity index is 1.20. The first kappa shape index (κ1) is 27.6. The van der Waals surface area contributed by atoms with Gasteiger partial charge in [0.25, 0.3) is 0 Å². The molecule has 0 saturated heterocycles. The van der Waals surface area contributed by atoms with Crippen LogP contribution in [0, 0.1) is 22.7 Å². The molecular weight excluding hydrogens is 587 g/mol. The van der Waals surface area contributed by atoms with Crippen molar-refractivity contribution in [3.8, 4) is 45.8 Å². The van der Waals surface area contributed by atoms with Crippen molar-refractivity contribution in [3.63, 3.8) is 0 Å². The Bertz CT molecular complexity index is 2650. The van der Waals surface area contributed by atoms with E-state index in [0.717, 1.165) is 74.2 Å².